The number of aliphatic hydroxyl groups excluding tert-OH is 1. The highest BCUT2D eigenvalue weighted by molar-refractivity contribution is 5.74. The van der Waals surface area contributed by atoms with Gasteiger partial charge in [0.2, 0.25) is 0 Å². The van der Waals surface area contributed by atoms with Crippen LogP contribution in [0.1, 0.15) is 17.2 Å². The van der Waals surface area contributed by atoms with Crippen LogP contribution in [0.3, 0.4) is 0 Å². The maximum atomic E-state index is 13.2. The van der Waals surface area contributed by atoms with E-state index in [0.717, 1.165) is 16.9 Å². The number of hydrogen-bond acceptors (Lipinski definition) is 4. The first-order valence-electron chi connectivity index (χ1n) is 10.6. The zero-order chi connectivity index (χ0) is 23.4. The highest BCUT2D eigenvalue weighted by Gasteiger charge is 2.33. The largest absolute Gasteiger partial charge is 0.573 e. The molecule has 0 spiro atoms. The zero-order valence-electron chi connectivity index (χ0n) is 17.8. The highest BCUT2D eigenvalue weighted by Crippen LogP contribution is 2.41. The Balaban J connectivity index is 1.69. The molecule has 0 saturated carbocycles. The number of hydrogen-bond donors (Lipinski definition) is 1. The Morgan fingerprint density at radius 2 is 1.64 bits per heavy atom. The minimum absolute atomic E-state index is 0.121. The fourth-order valence-electron chi connectivity index (χ4n) is 4.22. The third-order valence-electron chi connectivity index (χ3n) is 5.58. The van der Waals surface area contributed by atoms with Gasteiger partial charge in [-0.15, -0.1) is 13.2 Å². The number of para-hydroxylation sites is 2. The molecule has 0 amide bonds. The van der Waals surface area contributed by atoms with Gasteiger partial charge in [-0.1, -0.05) is 54.6 Å². The molecule has 0 saturated heterocycles. The molecule has 0 aliphatic carbocycles. The van der Waals surface area contributed by atoms with Crippen LogP contribution in [0.5, 0.6) is 5.75 Å². The molecule has 3 aromatic rings. The molecule has 1 heterocycles. The lowest BCUT2D eigenvalue weighted by Gasteiger charge is -2.45. The summed E-state index contributed by atoms with van der Waals surface area (Å²) in [6.07, 6.45) is -5.89. The summed E-state index contributed by atoms with van der Waals surface area (Å²) < 4.78 is 55.2. The lowest BCUT2D eigenvalue weighted by Crippen LogP contribution is -2.46. The maximum absolute atomic E-state index is 13.2. The second-order valence-electron chi connectivity index (χ2n) is 7.95. The number of ether oxygens (including phenoxy) is 1. The molecule has 174 valence electrons. The number of β-amino-alcohol motifs (C(OH)–C–C–N with tert-alkyl or cyclic N) is 1. The van der Waals surface area contributed by atoms with Crippen LogP contribution in [-0.4, -0.2) is 37.3 Å². The van der Waals surface area contributed by atoms with Crippen molar-refractivity contribution in [2.75, 3.05) is 29.6 Å². The van der Waals surface area contributed by atoms with Crippen molar-refractivity contribution in [3.8, 4) is 5.75 Å². The highest BCUT2D eigenvalue weighted by atomic mass is 19.4. The van der Waals surface area contributed by atoms with Crippen LogP contribution in [0.25, 0.3) is 0 Å². The molecule has 1 aliphatic heterocycles. The summed E-state index contributed by atoms with van der Waals surface area (Å²) in [5.74, 6) is -0.266. The molecule has 8 heteroatoms. The van der Waals surface area contributed by atoms with Crippen LogP contribution in [0.4, 0.5) is 28.9 Å². The molecular formula is C25H24F4N2O2. The van der Waals surface area contributed by atoms with E-state index in [-0.39, 0.29) is 18.3 Å². The third kappa shape index (κ3) is 5.57. The monoisotopic (exact) mass is 460 g/mol. The quantitative estimate of drug-likeness (QED) is 0.474. The van der Waals surface area contributed by atoms with Gasteiger partial charge < -0.3 is 19.6 Å². The van der Waals surface area contributed by atoms with Crippen molar-refractivity contribution in [1.29, 1.82) is 0 Å². The van der Waals surface area contributed by atoms with Crippen molar-refractivity contribution in [1.82, 2.24) is 0 Å². The second kappa shape index (κ2) is 9.70. The van der Waals surface area contributed by atoms with Gasteiger partial charge in [-0.05, 0) is 35.4 Å². The average Bonchev–Trinajstić information content (AvgIpc) is 2.80. The number of rotatable bonds is 7. The van der Waals surface area contributed by atoms with Crippen molar-refractivity contribution < 1.29 is 27.4 Å². The van der Waals surface area contributed by atoms with Crippen LogP contribution < -0.4 is 14.5 Å². The minimum Gasteiger partial charge on any atom is -0.406 e. The van der Waals surface area contributed by atoms with Crippen molar-refractivity contribution in [2.45, 2.75) is 25.1 Å². The molecule has 0 radical (unpaired) electrons. The number of benzene rings is 3. The van der Waals surface area contributed by atoms with Crippen molar-refractivity contribution in [3.05, 3.63) is 90.0 Å². The average molecular weight is 460 g/mol. The zero-order valence-corrected chi connectivity index (χ0v) is 17.8. The lowest BCUT2D eigenvalue weighted by atomic mass is 9.98. The van der Waals surface area contributed by atoms with E-state index in [2.05, 4.69) is 9.64 Å². The molecule has 1 aliphatic rings. The lowest BCUT2D eigenvalue weighted by molar-refractivity contribution is -0.274. The Morgan fingerprint density at radius 1 is 0.939 bits per heavy atom. The van der Waals surface area contributed by atoms with E-state index in [0.29, 0.717) is 18.7 Å². The van der Waals surface area contributed by atoms with Gasteiger partial charge in [0, 0.05) is 19.6 Å². The Morgan fingerprint density at radius 3 is 2.33 bits per heavy atom. The molecular weight excluding hydrogens is 436 g/mol. The Hall–Kier alpha value is -3.26. The SMILES string of the molecule is O[C@@H](CF)CN1c2ccccc2N(Cc2cccc(OC(F)(F)F)c2)C[C@H]1c1ccccc1. The molecule has 4 nitrogen and oxygen atoms in total. The van der Waals surface area contributed by atoms with Gasteiger partial charge in [0.15, 0.2) is 0 Å². The maximum Gasteiger partial charge on any atom is 0.573 e. The van der Waals surface area contributed by atoms with Gasteiger partial charge >= 0.3 is 6.36 Å². The normalized spacial score (nSPS) is 16.9. The number of nitrogens with zero attached hydrogens (tertiary/aromatic N) is 2. The minimum atomic E-state index is -4.76. The van der Waals surface area contributed by atoms with E-state index in [1.807, 2.05) is 59.5 Å². The molecule has 0 fully saturated rings. The first-order valence-corrected chi connectivity index (χ1v) is 10.6. The molecule has 3 aromatic carbocycles. The third-order valence-corrected chi connectivity index (χ3v) is 5.58. The smallest absolute Gasteiger partial charge is 0.406 e. The molecule has 1 N–H and O–H groups in total. The Bertz CT molecular complexity index is 1060. The fraction of sp³-hybridized carbons (Fsp3) is 0.280. The summed E-state index contributed by atoms with van der Waals surface area (Å²) in [5.41, 5.74) is 3.35. The van der Waals surface area contributed by atoms with Crippen LogP contribution >= 0.6 is 0 Å². The first kappa shape index (κ1) is 22.9. The summed E-state index contributed by atoms with van der Waals surface area (Å²) in [6, 6.07) is 23.0. The predicted octanol–water partition coefficient (Wildman–Crippen LogP) is 5.48. The van der Waals surface area contributed by atoms with Crippen LogP contribution in [0.2, 0.25) is 0 Å². The van der Waals surface area contributed by atoms with E-state index < -0.39 is 19.1 Å². The summed E-state index contributed by atoms with van der Waals surface area (Å²) in [6.45, 7) is 0.130. The number of aliphatic hydroxyl groups is 1. The number of halogens is 4. The molecule has 0 unspecified atom stereocenters. The van der Waals surface area contributed by atoms with Gasteiger partial charge in [0.05, 0.1) is 23.5 Å². The van der Waals surface area contributed by atoms with Gasteiger partial charge in [0.25, 0.3) is 0 Å². The molecule has 0 bridgehead atoms. The van der Waals surface area contributed by atoms with Gasteiger partial charge in [-0.3, -0.25) is 0 Å². The van der Waals surface area contributed by atoms with Crippen molar-refractivity contribution in [3.63, 3.8) is 0 Å². The van der Waals surface area contributed by atoms with E-state index in [4.69, 9.17) is 0 Å². The number of anilines is 2. The predicted molar refractivity (Wildman–Crippen MR) is 119 cm³/mol. The van der Waals surface area contributed by atoms with Crippen molar-refractivity contribution >= 4 is 11.4 Å². The number of alkyl halides is 4. The summed E-state index contributed by atoms with van der Waals surface area (Å²) in [7, 11) is 0. The van der Waals surface area contributed by atoms with E-state index in [1.54, 1.807) is 6.07 Å². The molecule has 2 atom stereocenters. The standard InChI is InChI=1S/C25H24F4N2O2/c26-14-20(32)16-31-23-12-5-4-11-22(23)30(17-24(31)19-8-2-1-3-9-19)15-18-7-6-10-21(13-18)33-25(27,28)29/h1-13,20,24,32H,14-17H2/t20-,24-/m0/s1. The van der Waals surface area contributed by atoms with E-state index in [9.17, 15) is 22.7 Å². The van der Waals surface area contributed by atoms with E-state index >= 15 is 0 Å². The molecule has 33 heavy (non-hydrogen) atoms. The van der Waals surface area contributed by atoms with Gasteiger partial charge in [0.1, 0.15) is 12.4 Å². The Labute approximate surface area is 189 Å². The number of fused-ring (bicyclic) bond motifs is 1. The van der Waals surface area contributed by atoms with Crippen molar-refractivity contribution in [2.24, 2.45) is 0 Å². The fourth-order valence-corrected chi connectivity index (χ4v) is 4.22. The van der Waals surface area contributed by atoms with Crippen LogP contribution in [0.15, 0.2) is 78.9 Å². The second-order valence-corrected chi connectivity index (χ2v) is 7.95. The van der Waals surface area contributed by atoms with Crippen LogP contribution in [0, 0.1) is 0 Å². The summed E-state index contributed by atoms with van der Waals surface area (Å²) in [5, 5.41) is 10.1. The molecule has 0 aromatic heterocycles. The van der Waals surface area contributed by atoms with E-state index in [1.165, 1.54) is 18.2 Å². The van der Waals surface area contributed by atoms with Crippen LogP contribution in [-0.2, 0) is 6.54 Å². The van der Waals surface area contributed by atoms with Gasteiger partial charge in [-0.25, -0.2) is 4.39 Å². The first-order chi connectivity index (χ1) is 15.8. The topological polar surface area (TPSA) is 35.9 Å². The summed E-state index contributed by atoms with van der Waals surface area (Å²) in [4.78, 5) is 4.08. The Kier molecular flexibility index (Phi) is 6.74. The summed E-state index contributed by atoms with van der Waals surface area (Å²) >= 11 is 0. The molecule has 4 rings (SSSR count). The van der Waals surface area contributed by atoms with Gasteiger partial charge in [-0.2, -0.15) is 0 Å².